The summed E-state index contributed by atoms with van der Waals surface area (Å²) in [5.74, 6) is 0. The number of hydrogen-bond acceptors (Lipinski definition) is 3. The van der Waals surface area contributed by atoms with E-state index in [1.807, 2.05) is 0 Å². The molecule has 19 heavy (non-hydrogen) atoms. The molecular formula is C13H13ClN2O2S. The predicted molar refractivity (Wildman–Crippen MR) is 77.9 cm³/mol. The minimum atomic E-state index is -3.61. The smallest absolute Gasteiger partial charge is 0.261 e. The average Bonchev–Trinajstić information content (AvgIpc) is 2.37. The van der Waals surface area contributed by atoms with Crippen LogP contribution in [0.3, 0.4) is 0 Å². The molecule has 0 heterocycles. The van der Waals surface area contributed by atoms with E-state index in [2.05, 4.69) is 4.72 Å². The third-order valence-corrected chi connectivity index (χ3v) is 4.35. The Kier molecular flexibility index (Phi) is 3.68. The number of halogens is 1. The first-order valence-corrected chi connectivity index (χ1v) is 7.40. The van der Waals surface area contributed by atoms with Crippen molar-refractivity contribution < 1.29 is 8.42 Å². The Labute approximate surface area is 117 Å². The molecular weight excluding hydrogens is 284 g/mol. The molecule has 0 spiro atoms. The van der Waals surface area contributed by atoms with Gasteiger partial charge in [-0.05, 0) is 36.8 Å². The molecule has 0 atom stereocenters. The second-order valence-electron chi connectivity index (χ2n) is 4.11. The number of anilines is 2. The maximum atomic E-state index is 12.2. The topological polar surface area (TPSA) is 72.2 Å². The van der Waals surface area contributed by atoms with Gasteiger partial charge in [0.05, 0.1) is 21.3 Å². The second-order valence-corrected chi connectivity index (χ2v) is 6.20. The van der Waals surface area contributed by atoms with Crippen LogP contribution in [0.2, 0.25) is 5.02 Å². The molecule has 0 aromatic heterocycles. The van der Waals surface area contributed by atoms with Crippen molar-refractivity contribution in [2.24, 2.45) is 0 Å². The van der Waals surface area contributed by atoms with Crippen LogP contribution < -0.4 is 10.5 Å². The second kappa shape index (κ2) is 5.11. The zero-order chi connectivity index (χ0) is 14.0. The van der Waals surface area contributed by atoms with Gasteiger partial charge in [-0.1, -0.05) is 29.8 Å². The first-order valence-electron chi connectivity index (χ1n) is 5.53. The molecule has 0 bridgehead atoms. The normalized spacial score (nSPS) is 11.3. The van der Waals surface area contributed by atoms with Crippen molar-refractivity contribution in [2.75, 3.05) is 10.5 Å². The summed E-state index contributed by atoms with van der Waals surface area (Å²) in [5, 5.41) is 0.316. The van der Waals surface area contributed by atoms with Crippen LogP contribution in [0, 0.1) is 6.92 Å². The van der Waals surface area contributed by atoms with Crippen molar-refractivity contribution in [1.29, 1.82) is 0 Å². The molecule has 0 fully saturated rings. The molecule has 0 aliphatic heterocycles. The number of aryl methyl sites for hydroxylation is 1. The number of hydrogen-bond donors (Lipinski definition) is 2. The molecule has 100 valence electrons. The molecule has 0 saturated carbocycles. The van der Waals surface area contributed by atoms with Gasteiger partial charge in [-0.2, -0.15) is 0 Å². The molecule has 0 aliphatic carbocycles. The summed E-state index contributed by atoms with van der Waals surface area (Å²) < 4.78 is 26.8. The van der Waals surface area contributed by atoms with Crippen LogP contribution in [0.5, 0.6) is 0 Å². The maximum Gasteiger partial charge on any atom is 0.261 e. The lowest BCUT2D eigenvalue weighted by Gasteiger charge is -2.12. The van der Waals surface area contributed by atoms with Crippen LogP contribution in [0.25, 0.3) is 0 Å². The van der Waals surface area contributed by atoms with Gasteiger partial charge in [0.1, 0.15) is 0 Å². The summed E-state index contributed by atoms with van der Waals surface area (Å²) in [4.78, 5) is 0.197. The molecule has 2 aromatic rings. The number of nitrogens with two attached hydrogens (primary N) is 1. The molecule has 6 heteroatoms. The van der Waals surface area contributed by atoms with E-state index in [-0.39, 0.29) is 4.90 Å². The summed E-state index contributed by atoms with van der Waals surface area (Å²) in [7, 11) is -3.61. The van der Waals surface area contributed by atoms with Crippen LogP contribution >= 0.6 is 11.6 Å². The molecule has 0 aliphatic rings. The summed E-state index contributed by atoms with van der Waals surface area (Å²) in [5.41, 5.74) is 7.20. The van der Waals surface area contributed by atoms with Crippen molar-refractivity contribution in [1.82, 2.24) is 0 Å². The van der Waals surface area contributed by atoms with E-state index in [0.717, 1.165) is 0 Å². The molecule has 2 rings (SSSR count). The zero-order valence-electron chi connectivity index (χ0n) is 10.2. The molecule has 0 radical (unpaired) electrons. The van der Waals surface area contributed by atoms with Gasteiger partial charge in [0.25, 0.3) is 10.0 Å². The van der Waals surface area contributed by atoms with Crippen LogP contribution in [-0.2, 0) is 10.0 Å². The summed E-state index contributed by atoms with van der Waals surface area (Å²) in [6.07, 6.45) is 0. The summed E-state index contributed by atoms with van der Waals surface area (Å²) in [6, 6.07) is 11.3. The van der Waals surface area contributed by atoms with Crippen LogP contribution in [0.15, 0.2) is 47.4 Å². The SMILES string of the molecule is Cc1cc(N)c(Cl)cc1NS(=O)(=O)c1ccccc1. The van der Waals surface area contributed by atoms with Crippen LogP contribution in [0.1, 0.15) is 5.56 Å². The van der Waals surface area contributed by atoms with E-state index in [4.69, 9.17) is 17.3 Å². The first-order chi connectivity index (χ1) is 8.90. The van der Waals surface area contributed by atoms with Crippen molar-refractivity contribution in [3.05, 3.63) is 53.1 Å². The highest BCUT2D eigenvalue weighted by molar-refractivity contribution is 7.92. The van der Waals surface area contributed by atoms with Gasteiger partial charge in [0.2, 0.25) is 0 Å². The highest BCUT2D eigenvalue weighted by atomic mass is 35.5. The fourth-order valence-corrected chi connectivity index (χ4v) is 2.92. The van der Waals surface area contributed by atoms with Gasteiger partial charge in [-0.25, -0.2) is 8.42 Å². The third-order valence-electron chi connectivity index (χ3n) is 2.64. The summed E-state index contributed by atoms with van der Waals surface area (Å²) in [6.45, 7) is 1.76. The number of nitrogens with one attached hydrogen (secondary N) is 1. The largest absolute Gasteiger partial charge is 0.398 e. The number of sulfonamides is 1. The Hall–Kier alpha value is -1.72. The van der Waals surface area contributed by atoms with Gasteiger partial charge in [-0.15, -0.1) is 0 Å². The van der Waals surface area contributed by atoms with E-state index in [0.29, 0.717) is 22.0 Å². The van der Waals surface area contributed by atoms with Gasteiger partial charge in [-0.3, -0.25) is 4.72 Å². The minimum Gasteiger partial charge on any atom is -0.398 e. The lowest BCUT2D eigenvalue weighted by atomic mass is 10.2. The van der Waals surface area contributed by atoms with Gasteiger partial charge >= 0.3 is 0 Å². The van der Waals surface area contributed by atoms with E-state index in [1.54, 1.807) is 31.2 Å². The quantitative estimate of drug-likeness (QED) is 0.855. The van der Waals surface area contributed by atoms with Crippen LogP contribution in [0.4, 0.5) is 11.4 Å². The standard InChI is InChI=1S/C13H13ClN2O2S/c1-9-7-12(15)11(14)8-13(9)16-19(17,18)10-5-3-2-4-6-10/h2-8,16H,15H2,1H3. The zero-order valence-corrected chi connectivity index (χ0v) is 11.8. The number of nitrogen functional groups attached to an aromatic ring is 1. The Morgan fingerprint density at radius 1 is 1.16 bits per heavy atom. The molecule has 0 unspecified atom stereocenters. The molecule has 3 N–H and O–H groups in total. The Morgan fingerprint density at radius 2 is 1.79 bits per heavy atom. The Balaban J connectivity index is 2.39. The minimum absolute atomic E-state index is 0.197. The first kappa shape index (κ1) is 13.7. The van der Waals surface area contributed by atoms with Gasteiger partial charge in [0, 0.05) is 0 Å². The third kappa shape index (κ3) is 3.00. The molecule has 0 saturated heterocycles. The number of rotatable bonds is 3. The van der Waals surface area contributed by atoms with Crippen molar-refractivity contribution in [3.63, 3.8) is 0 Å². The van der Waals surface area contributed by atoms with E-state index in [1.165, 1.54) is 18.2 Å². The molecule has 4 nitrogen and oxygen atoms in total. The van der Waals surface area contributed by atoms with Crippen molar-refractivity contribution in [3.8, 4) is 0 Å². The summed E-state index contributed by atoms with van der Waals surface area (Å²) >= 11 is 5.90. The maximum absolute atomic E-state index is 12.2. The van der Waals surface area contributed by atoms with E-state index < -0.39 is 10.0 Å². The predicted octanol–water partition coefficient (Wildman–Crippen LogP) is 3.03. The van der Waals surface area contributed by atoms with E-state index >= 15 is 0 Å². The highest BCUT2D eigenvalue weighted by Crippen LogP contribution is 2.28. The van der Waals surface area contributed by atoms with Gasteiger partial charge in [0.15, 0.2) is 0 Å². The average molecular weight is 297 g/mol. The lowest BCUT2D eigenvalue weighted by molar-refractivity contribution is 0.601. The van der Waals surface area contributed by atoms with Crippen molar-refractivity contribution in [2.45, 2.75) is 11.8 Å². The monoisotopic (exact) mass is 296 g/mol. The van der Waals surface area contributed by atoms with Gasteiger partial charge < -0.3 is 5.73 Å². The molecule has 2 aromatic carbocycles. The molecule has 0 amide bonds. The number of benzene rings is 2. The van der Waals surface area contributed by atoms with E-state index in [9.17, 15) is 8.42 Å². The lowest BCUT2D eigenvalue weighted by Crippen LogP contribution is -2.13. The van der Waals surface area contributed by atoms with Crippen molar-refractivity contribution >= 4 is 33.0 Å². The Bertz CT molecular complexity index is 700. The fraction of sp³-hybridized carbons (Fsp3) is 0.0769. The fourth-order valence-electron chi connectivity index (χ4n) is 1.62. The highest BCUT2D eigenvalue weighted by Gasteiger charge is 2.15. The van der Waals surface area contributed by atoms with Crippen LogP contribution in [-0.4, -0.2) is 8.42 Å². The Morgan fingerprint density at radius 3 is 2.42 bits per heavy atom.